The lowest BCUT2D eigenvalue weighted by molar-refractivity contribution is 0.0551. The van der Waals surface area contributed by atoms with Gasteiger partial charge in [-0.2, -0.15) is 0 Å². The molecule has 0 amide bonds. The van der Waals surface area contributed by atoms with E-state index in [1.54, 1.807) is 0 Å². The molecular weight excluding hydrogens is 240 g/mol. The van der Waals surface area contributed by atoms with Gasteiger partial charge in [-0.15, -0.1) is 0 Å². The van der Waals surface area contributed by atoms with Crippen LogP contribution in [0, 0.1) is 5.92 Å². The second-order valence-electron chi connectivity index (χ2n) is 6.17. The summed E-state index contributed by atoms with van der Waals surface area (Å²) < 4.78 is 5.39. The number of aliphatic hydroxyl groups is 1. The Morgan fingerprint density at radius 3 is 2.63 bits per heavy atom. The average molecular weight is 272 g/mol. The fraction of sp³-hybridized carbons (Fsp3) is 1.00. The minimum absolute atomic E-state index is 0.117. The molecule has 1 unspecified atom stereocenters. The predicted molar refractivity (Wildman–Crippen MR) is 79.4 cm³/mol. The molecule has 0 aliphatic carbocycles. The molecule has 0 aromatic rings. The van der Waals surface area contributed by atoms with Crippen LogP contribution in [0.5, 0.6) is 0 Å². The Bertz CT molecular complexity index is 232. The molecule has 0 aromatic carbocycles. The van der Waals surface area contributed by atoms with Crippen LogP contribution in [0.1, 0.15) is 39.5 Å². The molecule has 2 N–H and O–H groups in total. The molecule has 4 nitrogen and oxygen atoms in total. The maximum absolute atomic E-state index is 9.45. The molecule has 19 heavy (non-hydrogen) atoms. The van der Waals surface area contributed by atoms with Crippen LogP contribution >= 0.6 is 0 Å². The highest BCUT2D eigenvalue weighted by molar-refractivity contribution is 4.82. The Kier molecular flexibility index (Phi) is 7.91. The van der Waals surface area contributed by atoms with E-state index >= 15 is 0 Å². The van der Waals surface area contributed by atoms with E-state index in [-0.39, 0.29) is 12.1 Å². The van der Waals surface area contributed by atoms with Gasteiger partial charge in [0.2, 0.25) is 0 Å². The van der Waals surface area contributed by atoms with E-state index in [0.29, 0.717) is 0 Å². The summed E-state index contributed by atoms with van der Waals surface area (Å²) in [5, 5.41) is 12.8. The van der Waals surface area contributed by atoms with Crippen LogP contribution < -0.4 is 5.32 Å². The summed E-state index contributed by atoms with van der Waals surface area (Å²) in [6, 6.07) is 0. The Labute approximate surface area is 118 Å². The van der Waals surface area contributed by atoms with Crippen LogP contribution in [0.2, 0.25) is 0 Å². The van der Waals surface area contributed by atoms with Crippen LogP contribution in [-0.2, 0) is 4.74 Å². The van der Waals surface area contributed by atoms with Gasteiger partial charge in [-0.25, -0.2) is 0 Å². The van der Waals surface area contributed by atoms with E-state index in [0.717, 1.165) is 45.1 Å². The topological polar surface area (TPSA) is 44.7 Å². The molecule has 0 radical (unpaired) electrons. The number of likely N-dealkylation sites (N-methyl/N-ethyl adjacent to an activating group) is 1. The first-order valence-electron chi connectivity index (χ1n) is 7.72. The van der Waals surface area contributed by atoms with E-state index in [1.165, 1.54) is 19.4 Å². The summed E-state index contributed by atoms with van der Waals surface area (Å²) in [5.74, 6) is 0.803. The van der Waals surface area contributed by atoms with Gasteiger partial charge in [0.25, 0.3) is 0 Å². The van der Waals surface area contributed by atoms with Gasteiger partial charge in [-0.05, 0) is 58.7 Å². The van der Waals surface area contributed by atoms with Gasteiger partial charge in [0, 0.05) is 25.3 Å². The number of rotatable bonds is 9. The lowest BCUT2D eigenvalue weighted by Crippen LogP contribution is -2.46. The Balaban J connectivity index is 2.16. The molecule has 1 rings (SSSR count). The van der Waals surface area contributed by atoms with Gasteiger partial charge >= 0.3 is 0 Å². The van der Waals surface area contributed by atoms with Gasteiger partial charge in [-0.3, -0.25) is 0 Å². The quantitative estimate of drug-likeness (QED) is 0.667. The molecule has 1 saturated heterocycles. The lowest BCUT2D eigenvalue weighted by atomic mass is 9.96. The summed E-state index contributed by atoms with van der Waals surface area (Å²) in [5.41, 5.74) is -0.117. The van der Waals surface area contributed by atoms with Crippen molar-refractivity contribution in [2.45, 2.75) is 45.1 Å². The third-order valence-corrected chi connectivity index (χ3v) is 4.13. The second-order valence-corrected chi connectivity index (χ2v) is 6.17. The average Bonchev–Trinajstić information content (AvgIpc) is 2.40. The van der Waals surface area contributed by atoms with E-state index in [9.17, 15) is 5.11 Å². The number of hydrogen-bond donors (Lipinski definition) is 2. The van der Waals surface area contributed by atoms with Crippen molar-refractivity contribution in [3.05, 3.63) is 0 Å². The highest BCUT2D eigenvalue weighted by Gasteiger charge is 2.21. The van der Waals surface area contributed by atoms with Crippen molar-refractivity contribution in [2.75, 3.05) is 46.5 Å². The number of ether oxygens (including phenoxy) is 1. The number of aliphatic hydroxyl groups excluding tert-OH is 1. The van der Waals surface area contributed by atoms with Crippen molar-refractivity contribution in [1.82, 2.24) is 10.2 Å². The van der Waals surface area contributed by atoms with Crippen LogP contribution in [0.4, 0.5) is 0 Å². The monoisotopic (exact) mass is 272 g/mol. The zero-order chi connectivity index (χ0) is 14.1. The van der Waals surface area contributed by atoms with Crippen molar-refractivity contribution in [1.29, 1.82) is 0 Å². The minimum Gasteiger partial charge on any atom is -0.394 e. The molecule has 0 aromatic heterocycles. The fourth-order valence-electron chi connectivity index (χ4n) is 2.85. The molecule has 0 saturated carbocycles. The summed E-state index contributed by atoms with van der Waals surface area (Å²) >= 11 is 0. The molecule has 0 spiro atoms. The number of nitrogens with one attached hydrogen (secondary N) is 1. The van der Waals surface area contributed by atoms with Crippen LogP contribution in [-0.4, -0.2) is 62.0 Å². The summed E-state index contributed by atoms with van der Waals surface area (Å²) in [6.07, 6.45) is 4.56. The molecule has 1 fully saturated rings. The largest absolute Gasteiger partial charge is 0.394 e. The summed E-state index contributed by atoms with van der Waals surface area (Å²) in [6.45, 7) is 9.47. The Hall–Kier alpha value is -0.160. The standard InChI is InChI=1S/C15H32N2O2/c1-4-16-15(2,13-18)8-5-9-17(3)12-14-6-10-19-11-7-14/h14,16,18H,4-13H2,1-3H3. The van der Waals surface area contributed by atoms with Crippen molar-refractivity contribution in [3.63, 3.8) is 0 Å². The highest BCUT2D eigenvalue weighted by atomic mass is 16.5. The van der Waals surface area contributed by atoms with Crippen molar-refractivity contribution >= 4 is 0 Å². The maximum Gasteiger partial charge on any atom is 0.0610 e. The number of nitrogens with zero attached hydrogens (tertiary/aromatic N) is 1. The molecule has 1 aliphatic rings. The van der Waals surface area contributed by atoms with Gasteiger partial charge in [0.1, 0.15) is 0 Å². The lowest BCUT2D eigenvalue weighted by Gasteiger charge is -2.30. The first-order chi connectivity index (χ1) is 9.09. The molecule has 1 aliphatic heterocycles. The van der Waals surface area contributed by atoms with E-state index in [4.69, 9.17) is 4.74 Å². The fourth-order valence-corrected chi connectivity index (χ4v) is 2.85. The predicted octanol–water partition coefficient (Wildman–Crippen LogP) is 1.49. The van der Waals surface area contributed by atoms with Crippen LogP contribution in [0.15, 0.2) is 0 Å². The highest BCUT2D eigenvalue weighted by Crippen LogP contribution is 2.16. The zero-order valence-corrected chi connectivity index (χ0v) is 13.0. The van der Waals surface area contributed by atoms with Crippen LogP contribution in [0.25, 0.3) is 0 Å². The molecule has 4 heteroatoms. The molecular formula is C15H32N2O2. The normalized spacial score (nSPS) is 20.7. The zero-order valence-electron chi connectivity index (χ0n) is 13.0. The van der Waals surface area contributed by atoms with Gasteiger partial charge < -0.3 is 20.1 Å². The Morgan fingerprint density at radius 2 is 2.05 bits per heavy atom. The maximum atomic E-state index is 9.45. The summed E-state index contributed by atoms with van der Waals surface area (Å²) in [4.78, 5) is 2.43. The van der Waals surface area contributed by atoms with E-state index < -0.39 is 0 Å². The van der Waals surface area contributed by atoms with Crippen molar-refractivity contribution in [3.8, 4) is 0 Å². The van der Waals surface area contributed by atoms with Gasteiger partial charge in [-0.1, -0.05) is 6.92 Å². The first kappa shape index (κ1) is 16.9. The van der Waals surface area contributed by atoms with Crippen molar-refractivity contribution < 1.29 is 9.84 Å². The third-order valence-electron chi connectivity index (χ3n) is 4.13. The molecule has 1 heterocycles. The molecule has 0 bridgehead atoms. The van der Waals surface area contributed by atoms with Crippen LogP contribution in [0.3, 0.4) is 0 Å². The number of hydrogen-bond acceptors (Lipinski definition) is 4. The first-order valence-corrected chi connectivity index (χ1v) is 7.72. The second kappa shape index (κ2) is 8.90. The Morgan fingerprint density at radius 1 is 1.37 bits per heavy atom. The summed E-state index contributed by atoms with van der Waals surface area (Å²) in [7, 11) is 2.21. The van der Waals surface area contributed by atoms with E-state index in [2.05, 4.69) is 31.1 Å². The third kappa shape index (κ3) is 6.70. The van der Waals surface area contributed by atoms with Crippen molar-refractivity contribution in [2.24, 2.45) is 5.92 Å². The van der Waals surface area contributed by atoms with E-state index in [1.807, 2.05) is 0 Å². The minimum atomic E-state index is -0.117. The SMILES string of the molecule is CCNC(C)(CO)CCCN(C)CC1CCOCC1. The van der Waals surface area contributed by atoms with Gasteiger partial charge in [0.15, 0.2) is 0 Å². The van der Waals surface area contributed by atoms with Gasteiger partial charge in [0.05, 0.1) is 6.61 Å². The molecule has 114 valence electrons. The molecule has 1 atom stereocenters. The smallest absolute Gasteiger partial charge is 0.0610 e.